The van der Waals surface area contributed by atoms with Crippen LogP contribution in [-0.4, -0.2) is 53.5 Å². The lowest BCUT2D eigenvalue weighted by atomic mass is 9.89. The zero-order chi connectivity index (χ0) is 22.5. The highest BCUT2D eigenvalue weighted by Crippen LogP contribution is 2.34. The minimum Gasteiger partial charge on any atom is -0.490 e. The van der Waals surface area contributed by atoms with Crippen molar-refractivity contribution in [2.24, 2.45) is 5.92 Å². The van der Waals surface area contributed by atoms with Crippen molar-refractivity contribution in [2.45, 2.75) is 6.92 Å². The van der Waals surface area contributed by atoms with Gasteiger partial charge in [-0.15, -0.1) is 0 Å². The molecule has 0 radical (unpaired) electrons. The van der Waals surface area contributed by atoms with Crippen LogP contribution in [0, 0.1) is 12.8 Å². The average molecular weight is 466 g/mol. The summed E-state index contributed by atoms with van der Waals surface area (Å²) in [5.74, 6) is -0.992. The van der Waals surface area contributed by atoms with E-state index in [0.717, 1.165) is 10.5 Å². The SMILES string of the molecule is Cc1cc(Cl)c(OCCOc2ccc(C3=CCN(C(=O)O)CC3C(=O)O)cc2)c(Cl)c1. The van der Waals surface area contributed by atoms with Crippen LogP contribution in [0.4, 0.5) is 4.79 Å². The number of halogens is 2. The van der Waals surface area contributed by atoms with Gasteiger partial charge < -0.3 is 24.6 Å². The van der Waals surface area contributed by atoms with Crippen LogP contribution in [0.15, 0.2) is 42.5 Å². The summed E-state index contributed by atoms with van der Waals surface area (Å²) in [6, 6.07) is 10.5. The van der Waals surface area contributed by atoms with E-state index in [9.17, 15) is 14.7 Å². The number of aliphatic carboxylic acids is 1. The number of benzene rings is 2. The van der Waals surface area contributed by atoms with Crippen LogP contribution >= 0.6 is 23.2 Å². The van der Waals surface area contributed by atoms with Gasteiger partial charge in [0.2, 0.25) is 0 Å². The molecule has 9 heteroatoms. The fourth-order valence-electron chi connectivity index (χ4n) is 3.30. The molecule has 1 aliphatic rings. The zero-order valence-electron chi connectivity index (χ0n) is 16.7. The molecule has 1 aliphatic heterocycles. The molecule has 0 fully saturated rings. The number of nitrogens with zero attached hydrogens (tertiary/aromatic N) is 1. The van der Waals surface area contributed by atoms with Crippen molar-refractivity contribution in [1.82, 2.24) is 4.90 Å². The van der Waals surface area contributed by atoms with Gasteiger partial charge in [0.25, 0.3) is 0 Å². The van der Waals surface area contributed by atoms with Crippen molar-refractivity contribution in [1.29, 1.82) is 0 Å². The molecule has 2 aromatic carbocycles. The van der Waals surface area contributed by atoms with Gasteiger partial charge in [0.1, 0.15) is 19.0 Å². The summed E-state index contributed by atoms with van der Waals surface area (Å²) >= 11 is 12.3. The lowest BCUT2D eigenvalue weighted by molar-refractivity contribution is -0.140. The normalized spacial score (nSPS) is 15.9. The highest BCUT2D eigenvalue weighted by atomic mass is 35.5. The number of hydrogen-bond donors (Lipinski definition) is 2. The molecule has 1 unspecified atom stereocenters. The van der Waals surface area contributed by atoms with Crippen LogP contribution < -0.4 is 9.47 Å². The summed E-state index contributed by atoms with van der Waals surface area (Å²) in [6.45, 7) is 2.44. The van der Waals surface area contributed by atoms with E-state index >= 15 is 0 Å². The van der Waals surface area contributed by atoms with E-state index in [1.807, 2.05) is 6.92 Å². The molecule has 0 bridgehead atoms. The first-order valence-electron chi connectivity index (χ1n) is 9.48. The third-order valence-electron chi connectivity index (χ3n) is 4.81. The molecule has 1 heterocycles. The molecule has 0 aromatic heterocycles. The summed E-state index contributed by atoms with van der Waals surface area (Å²) in [5.41, 5.74) is 2.23. The number of ether oxygens (including phenoxy) is 2. The molecule has 3 rings (SSSR count). The summed E-state index contributed by atoms with van der Waals surface area (Å²) < 4.78 is 11.3. The Bertz CT molecular complexity index is 983. The molecule has 0 saturated heterocycles. The Hall–Kier alpha value is -2.90. The Balaban J connectivity index is 1.59. The van der Waals surface area contributed by atoms with E-state index in [4.69, 9.17) is 37.8 Å². The summed E-state index contributed by atoms with van der Waals surface area (Å²) in [4.78, 5) is 23.8. The topological polar surface area (TPSA) is 96.3 Å². The minimum absolute atomic E-state index is 0.0871. The first-order valence-corrected chi connectivity index (χ1v) is 10.2. The van der Waals surface area contributed by atoms with Crippen LogP contribution in [-0.2, 0) is 4.79 Å². The highest BCUT2D eigenvalue weighted by molar-refractivity contribution is 6.37. The monoisotopic (exact) mass is 465 g/mol. The molecule has 0 aliphatic carbocycles. The maximum atomic E-state index is 11.6. The molecular weight excluding hydrogens is 445 g/mol. The van der Waals surface area contributed by atoms with E-state index in [-0.39, 0.29) is 26.3 Å². The maximum Gasteiger partial charge on any atom is 0.407 e. The van der Waals surface area contributed by atoms with Gasteiger partial charge in [0.05, 0.1) is 16.0 Å². The quantitative estimate of drug-likeness (QED) is 0.567. The van der Waals surface area contributed by atoms with Gasteiger partial charge in [0, 0.05) is 13.1 Å². The molecule has 2 aromatic rings. The van der Waals surface area contributed by atoms with Crippen LogP contribution in [0.5, 0.6) is 11.5 Å². The third-order valence-corrected chi connectivity index (χ3v) is 5.37. The van der Waals surface area contributed by atoms with E-state index < -0.39 is 18.0 Å². The van der Waals surface area contributed by atoms with Crippen molar-refractivity contribution >= 4 is 40.8 Å². The standard InChI is InChI=1S/C22H21Cl2NO6/c1-13-10-18(23)20(19(24)11-13)31-9-8-30-15-4-2-14(3-5-15)16-6-7-25(22(28)29)12-17(16)21(26)27/h2-6,10-11,17H,7-9,12H2,1H3,(H,26,27)(H,28,29). The predicted molar refractivity (Wildman–Crippen MR) is 117 cm³/mol. The molecule has 0 saturated carbocycles. The van der Waals surface area contributed by atoms with E-state index in [1.165, 1.54) is 0 Å². The Morgan fingerprint density at radius 2 is 1.68 bits per heavy atom. The van der Waals surface area contributed by atoms with E-state index in [0.29, 0.717) is 32.7 Å². The largest absolute Gasteiger partial charge is 0.490 e. The minimum atomic E-state index is -1.14. The molecule has 2 N–H and O–H groups in total. The van der Waals surface area contributed by atoms with Gasteiger partial charge >= 0.3 is 12.1 Å². The zero-order valence-corrected chi connectivity index (χ0v) is 18.2. The van der Waals surface area contributed by atoms with Crippen LogP contribution in [0.1, 0.15) is 11.1 Å². The van der Waals surface area contributed by atoms with Crippen LogP contribution in [0.2, 0.25) is 10.0 Å². The fourth-order valence-corrected chi connectivity index (χ4v) is 4.01. The fraction of sp³-hybridized carbons (Fsp3) is 0.273. The number of hydrogen-bond acceptors (Lipinski definition) is 4. The molecule has 164 valence electrons. The Morgan fingerprint density at radius 3 is 2.26 bits per heavy atom. The number of carbonyl (C=O) groups is 2. The number of carboxylic acids is 1. The summed E-state index contributed by atoms with van der Waals surface area (Å²) in [7, 11) is 0. The highest BCUT2D eigenvalue weighted by Gasteiger charge is 2.31. The van der Waals surface area contributed by atoms with Crippen molar-refractivity contribution in [3.8, 4) is 11.5 Å². The number of aryl methyl sites for hydroxylation is 1. The first kappa shape index (κ1) is 22.8. The average Bonchev–Trinajstić information content (AvgIpc) is 2.72. The van der Waals surface area contributed by atoms with Gasteiger partial charge in [-0.25, -0.2) is 4.79 Å². The second kappa shape index (κ2) is 9.94. The van der Waals surface area contributed by atoms with Crippen LogP contribution in [0.25, 0.3) is 5.57 Å². The molecule has 1 amide bonds. The number of carboxylic acid groups (broad SMARTS) is 2. The van der Waals surface area contributed by atoms with Crippen molar-refractivity contribution in [3.63, 3.8) is 0 Å². The molecule has 0 spiro atoms. The third kappa shape index (κ3) is 5.62. The Morgan fingerprint density at radius 1 is 1.06 bits per heavy atom. The smallest absolute Gasteiger partial charge is 0.407 e. The van der Waals surface area contributed by atoms with Crippen molar-refractivity contribution < 1.29 is 29.3 Å². The molecule has 7 nitrogen and oxygen atoms in total. The molecular formula is C22H21Cl2NO6. The van der Waals surface area contributed by atoms with Gasteiger partial charge in [-0.1, -0.05) is 41.4 Å². The molecule has 1 atom stereocenters. The van der Waals surface area contributed by atoms with Gasteiger partial charge in [0.15, 0.2) is 5.75 Å². The first-order chi connectivity index (χ1) is 14.8. The second-order valence-electron chi connectivity index (χ2n) is 7.02. The summed E-state index contributed by atoms with van der Waals surface area (Å²) in [5, 5.41) is 19.5. The lowest BCUT2D eigenvalue weighted by Gasteiger charge is -2.29. The number of amides is 1. The van der Waals surface area contributed by atoms with Gasteiger partial charge in [-0.3, -0.25) is 4.79 Å². The van der Waals surface area contributed by atoms with E-state index in [2.05, 4.69) is 0 Å². The Labute approximate surface area is 189 Å². The summed E-state index contributed by atoms with van der Waals surface area (Å²) in [6.07, 6.45) is 0.496. The number of rotatable bonds is 7. The second-order valence-corrected chi connectivity index (χ2v) is 7.83. The molecule has 31 heavy (non-hydrogen) atoms. The van der Waals surface area contributed by atoms with Crippen molar-refractivity contribution in [3.05, 3.63) is 63.6 Å². The van der Waals surface area contributed by atoms with E-state index in [1.54, 1.807) is 42.5 Å². The lowest BCUT2D eigenvalue weighted by Crippen LogP contribution is -2.40. The Kier molecular flexibility index (Phi) is 7.30. The van der Waals surface area contributed by atoms with Crippen molar-refractivity contribution in [2.75, 3.05) is 26.3 Å². The van der Waals surface area contributed by atoms with Gasteiger partial charge in [-0.05, 0) is 47.9 Å². The maximum absolute atomic E-state index is 11.6. The predicted octanol–water partition coefficient (Wildman–Crippen LogP) is 4.84. The van der Waals surface area contributed by atoms with Crippen LogP contribution in [0.3, 0.4) is 0 Å². The van der Waals surface area contributed by atoms with Gasteiger partial charge in [-0.2, -0.15) is 0 Å².